The summed E-state index contributed by atoms with van der Waals surface area (Å²) in [6.45, 7) is 3.17. The van der Waals surface area contributed by atoms with Crippen molar-refractivity contribution in [3.8, 4) is 17.0 Å². The number of imidazole rings is 1. The van der Waals surface area contributed by atoms with Crippen molar-refractivity contribution in [2.24, 2.45) is 0 Å². The molecule has 4 aromatic rings. The highest BCUT2D eigenvalue weighted by Crippen LogP contribution is 2.26. The topological polar surface area (TPSA) is 50.1 Å². The normalized spacial score (nSPS) is 14.1. The van der Waals surface area contributed by atoms with Crippen LogP contribution >= 0.6 is 22.9 Å². The summed E-state index contributed by atoms with van der Waals surface area (Å²) in [5.41, 5.74) is 4.24. The maximum atomic E-state index is 12.9. The molecule has 1 aliphatic heterocycles. The number of hydrogen-bond donors (Lipinski definition) is 0. The van der Waals surface area contributed by atoms with E-state index >= 15 is 0 Å². The molecule has 1 aliphatic rings. The third-order valence-electron chi connectivity index (χ3n) is 6.09. The number of aromatic nitrogens is 2. The average Bonchev–Trinajstić information content (AvgIpc) is 3.44. The van der Waals surface area contributed by atoms with Crippen molar-refractivity contribution in [3.05, 3.63) is 70.8 Å². The minimum absolute atomic E-state index is 0.210. The summed E-state index contributed by atoms with van der Waals surface area (Å²) in [5.74, 6) is 1.06. The summed E-state index contributed by atoms with van der Waals surface area (Å²) in [6.07, 6.45) is 3.25. The Hall–Kier alpha value is -3.03. The Morgan fingerprint density at radius 2 is 1.79 bits per heavy atom. The quantitative estimate of drug-likeness (QED) is 0.389. The molecule has 0 aliphatic carbocycles. The van der Waals surface area contributed by atoms with E-state index < -0.39 is 0 Å². The number of carbonyl (C=O) groups is 1. The Kier molecular flexibility index (Phi) is 6.24. The Bertz CT molecular complexity index is 1240. The molecule has 5 rings (SSSR count). The van der Waals surface area contributed by atoms with Crippen LogP contribution in [-0.2, 0) is 11.2 Å². The minimum Gasteiger partial charge on any atom is -0.497 e. The number of carbonyl (C=O) groups excluding carboxylic acids is 1. The van der Waals surface area contributed by atoms with Crippen LogP contribution in [0.1, 0.15) is 12.1 Å². The third-order valence-corrected chi connectivity index (χ3v) is 7.23. The summed E-state index contributed by atoms with van der Waals surface area (Å²) >= 11 is 7.61. The van der Waals surface area contributed by atoms with Gasteiger partial charge in [0.1, 0.15) is 5.75 Å². The molecule has 1 saturated heterocycles. The maximum Gasteiger partial charge on any atom is 0.223 e. The zero-order chi connectivity index (χ0) is 22.8. The second-order valence-electron chi connectivity index (χ2n) is 8.08. The Morgan fingerprint density at radius 3 is 2.48 bits per heavy atom. The van der Waals surface area contributed by atoms with Crippen molar-refractivity contribution in [2.45, 2.75) is 12.8 Å². The zero-order valence-corrected chi connectivity index (χ0v) is 20.0. The van der Waals surface area contributed by atoms with Crippen LogP contribution in [-0.4, -0.2) is 53.5 Å². The maximum absolute atomic E-state index is 12.9. The summed E-state index contributed by atoms with van der Waals surface area (Å²) in [7, 11) is 1.67. The average molecular weight is 481 g/mol. The molecule has 0 spiro atoms. The van der Waals surface area contributed by atoms with Crippen LogP contribution < -0.4 is 9.64 Å². The van der Waals surface area contributed by atoms with E-state index in [1.807, 2.05) is 47.5 Å². The lowest BCUT2D eigenvalue weighted by Crippen LogP contribution is -2.48. The number of fused-ring (bicyclic) bond motifs is 1. The fourth-order valence-corrected chi connectivity index (χ4v) is 5.20. The van der Waals surface area contributed by atoms with Gasteiger partial charge < -0.3 is 14.5 Å². The molecule has 0 saturated carbocycles. The van der Waals surface area contributed by atoms with E-state index in [4.69, 9.17) is 21.3 Å². The van der Waals surface area contributed by atoms with Gasteiger partial charge in [0.05, 0.1) is 12.8 Å². The molecular formula is C25H25ClN4O2S. The number of aryl methyl sites for hydroxylation is 1. The van der Waals surface area contributed by atoms with E-state index in [-0.39, 0.29) is 5.91 Å². The van der Waals surface area contributed by atoms with Crippen LogP contribution in [0.5, 0.6) is 5.75 Å². The number of hydrogen-bond acceptors (Lipinski definition) is 5. The third kappa shape index (κ3) is 4.70. The second kappa shape index (κ2) is 9.45. The number of benzene rings is 2. The lowest BCUT2D eigenvalue weighted by Gasteiger charge is -2.36. The zero-order valence-electron chi connectivity index (χ0n) is 18.4. The predicted octanol–water partition coefficient (Wildman–Crippen LogP) is 5.01. The number of methoxy groups -OCH3 is 1. The number of ether oxygens (including phenoxy) is 1. The molecule has 0 N–H and O–H groups in total. The van der Waals surface area contributed by atoms with Crippen LogP contribution in [0, 0.1) is 0 Å². The van der Waals surface area contributed by atoms with E-state index in [2.05, 4.69) is 26.8 Å². The largest absolute Gasteiger partial charge is 0.497 e. The van der Waals surface area contributed by atoms with E-state index in [0.29, 0.717) is 17.9 Å². The van der Waals surface area contributed by atoms with Crippen LogP contribution in [0.4, 0.5) is 5.69 Å². The monoisotopic (exact) mass is 480 g/mol. The molecule has 0 radical (unpaired) electrons. The van der Waals surface area contributed by atoms with Crippen molar-refractivity contribution in [1.82, 2.24) is 14.3 Å². The van der Waals surface area contributed by atoms with Gasteiger partial charge in [-0.3, -0.25) is 9.20 Å². The van der Waals surface area contributed by atoms with Gasteiger partial charge >= 0.3 is 0 Å². The molecule has 1 amide bonds. The van der Waals surface area contributed by atoms with Gasteiger partial charge in [-0.1, -0.05) is 23.7 Å². The van der Waals surface area contributed by atoms with Gasteiger partial charge in [0.15, 0.2) is 4.96 Å². The van der Waals surface area contributed by atoms with Crippen molar-refractivity contribution in [1.29, 1.82) is 0 Å². The van der Waals surface area contributed by atoms with E-state index in [9.17, 15) is 4.79 Å². The second-order valence-corrected chi connectivity index (χ2v) is 9.35. The van der Waals surface area contributed by atoms with E-state index in [0.717, 1.165) is 53.8 Å². The molecule has 8 heteroatoms. The number of anilines is 1. The van der Waals surface area contributed by atoms with Gasteiger partial charge in [-0.2, -0.15) is 0 Å². The van der Waals surface area contributed by atoms with Gasteiger partial charge in [0, 0.05) is 66.1 Å². The standard InChI is InChI=1S/C25H25ClN4O2S/c1-32-22-9-6-20(7-10-22)28-12-14-29(15-13-28)24(31)11-8-21-17-33-25-27-23(16-30(21)25)18-2-4-19(26)5-3-18/h2-7,9-10,16-17H,8,11-15H2,1H3. The summed E-state index contributed by atoms with van der Waals surface area (Å²) in [5, 5.41) is 2.81. The molecule has 170 valence electrons. The highest BCUT2D eigenvalue weighted by Gasteiger charge is 2.21. The van der Waals surface area contributed by atoms with Crippen LogP contribution in [0.15, 0.2) is 60.1 Å². The lowest BCUT2D eigenvalue weighted by molar-refractivity contribution is -0.131. The van der Waals surface area contributed by atoms with Crippen LogP contribution in [0.3, 0.4) is 0 Å². The van der Waals surface area contributed by atoms with Crippen LogP contribution in [0.2, 0.25) is 5.02 Å². The summed E-state index contributed by atoms with van der Waals surface area (Å²) < 4.78 is 7.34. The SMILES string of the molecule is COc1ccc(N2CCN(C(=O)CCc3csc4nc(-c5ccc(Cl)cc5)cn34)CC2)cc1. The molecular weight excluding hydrogens is 456 g/mol. The molecule has 3 heterocycles. The molecule has 0 atom stereocenters. The smallest absolute Gasteiger partial charge is 0.223 e. The van der Waals surface area contributed by atoms with Gasteiger partial charge in [0.2, 0.25) is 5.91 Å². The first-order chi connectivity index (χ1) is 16.1. The highest BCUT2D eigenvalue weighted by atomic mass is 35.5. The first kappa shape index (κ1) is 21.8. The Morgan fingerprint density at radius 1 is 1.06 bits per heavy atom. The molecule has 2 aromatic heterocycles. The number of amides is 1. The van der Waals surface area contributed by atoms with Gasteiger partial charge in [0.25, 0.3) is 0 Å². The van der Waals surface area contributed by atoms with Crippen molar-refractivity contribution >= 4 is 39.5 Å². The molecule has 0 unspecified atom stereocenters. The van der Waals surface area contributed by atoms with Crippen molar-refractivity contribution in [2.75, 3.05) is 38.2 Å². The molecule has 0 bridgehead atoms. The van der Waals surface area contributed by atoms with Gasteiger partial charge in [-0.05, 0) is 42.8 Å². The lowest BCUT2D eigenvalue weighted by atomic mass is 10.2. The Labute approximate surface area is 202 Å². The fraction of sp³-hybridized carbons (Fsp3) is 0.280. The van der Waals surface area contributed by atoms with Gasteiger partial charge in [-0.25, -0.2) is 4.98 Å². The predicted molar refractivity (Wildman–Crippen MR) is 134 cm³/mol. The fourth-order valence-electron chi connectivity index (χ4n) is 4.17. The number of nitrogens with zero attached hydrogens (tertiary/aromatic N) is 4. The first-order valence-electron chi connectivity index (χ1n) is 11.0. The van der Waals surface area contributed by atoms with Gasteiger partial charge in [-0.15, -0.1) is 11.3 Å². The number of piperazine rings is 1. The summed E-state index contributed by atoms with van der Waals surface area (Å²) in [4.78, 5) is 22.8. The molecule has 6 nitrogen and oxygen atoms in total. The highest BCUT2D eigenvalue weighted by molar-refractivity contribution is 7.15. The van der Waals surface area contributed by atoms with Crippen molar-refractivity contribution < 1.29 is 9.53 Å². The van der Waals surface area contributed by atoms with E-state index in [1.165, 1.54) is 5.69 Å². The molecule has 1 fully saturated rings. The first-order valence-corrected chi connectivity index (χ1v) is 12.2. The van der Waals surface area contributed by atoms with Crippen LogP contribution in [0.25, 0.3) is 16.2 Å². The molecule has 2 aromatic carbocycles. The summed E-state index contributed by atoms with van der Waals surface area (Å²) in [6, 6.07) is 15.8. The number of rotatable bonds is 6. The van der Waals surface area contributed by atoms with Crippen molar-refractivity contribution in [3.63, 3.8) is 0 Å². The Balaban J connectivity index is 1.18. The van der Waals surface area contributed by atoms with E-state index in [1.54, 1.807) is 18.4 Å². The minimum atomic E-state index is 0.210. The number of halogens is 1. The molecule has 33 heavy (non-hydrogen) atoms. The number of thiazole rings is 1.